The van der Waals surface area contributed by atoms with Gasteiger partial charge in [-0.2, -0.15) is 0 Å². The summed E-state index contributed by atoms with van der Waals surface area (Å²) in [5.41, 5.74) is 5.58. The predicted octanol–water partition coefficient (Wildman–Crippen LogP) is 0.940. The molecule has 1 atom stereocenters. The van der Waals surface area contributed by atoms with Gasteiger partial charge in [0.15, 0.2) is 9.84 Å². The van der Waals surface area contributed by atoms with Gasteiger partial charge in [-0.3, -0.25) is 0 Å². The van der Waals surface area contributed by atoms with Gasteiger partial charge >= 0.3 is 0 Å². The Kier molecular flexibility index (Phi) is 3.35. The van der Waals surface area contributed by atoms with Crippen molar-refractivity contribution < 1.29 is 8.42 Å². The van der Waals surface area contributed by atoms with Gasteiger partial charge in [0.05, 0.1) is 11.5 Å². The van der Waals surface area contributed by atoms with E-state index in [-0.39, 0.29) is 5.41 Å². The maximum atomic E-state index is 11.3. The minimum Gasteiger partial charge on any atom is -0.330 e. The second-order valence-electron chi connectivity index (χ2n) is 4.15. The lowest BCUT2D eigenvalue weighted by Crippen LogP contribution is -2.31. The first-order valence-electron chi connectivity index (χ1n) is 4.94. The summed E-state index contributed by atoms with van der Waals surface area (Å²) in [4.78, 5) is 0. The zero-order valence-electron chi connectivity index (χ0n) is 8.25. The molecule has 1 aliphatic rings. The maximum Gasteiger partial charge on any atom is 0.150 e. The summed E-state index contributed by atoms with van der Waals surface area (Å²) in [6.07, 6.45) is 3.94. The third kappa shape index (κ3) is 2.68. The van der Waals surface area contributed by atoms with Gasteiger partial charge < -0.3 is 5.73 Å². The normalized spacial score (nSPS) is 32.2. The highest BCUT2D eigenvalue weighted by molar-refractivity contribution is 7.91. The average molecular weight is 205 g/mol. The molecule has 78 valence electrons. The highest BCUT2D eigenvalue weighted by atomic mass is 32.2. The summed E-state index contributed by atoms with van der Waals surface area (Å²) in [5.74, 6) is 0.657. The molecule has 1 rings (SSSR count). The first kappa shape index (κ1) is 11.0. The van der Waals surface area contributed by atoms with Gasteiger partial charge in [-0.25, -0.2) is 8.42 Å². The van der Waals surface area contributed by atoms with E-state index in [1.807, 2.05) is 0 Å². The molecule has 1 aliphatic heterocycles. The van der Waals surface area contributed by atoms with E-state index in [2.05, 4.69) is 6.92 Å². The molecule has 0 aliphatic carbocycles. The monoisotopic (exact) mass is 205 g/mol. The first-order valence-corrected chi connectivity index (χ1v) is 6.76. The van der Waals surface area contributed by atoms with Crippen LogP contribution in [0, 0.1) is 5.41 Å². The minimum absolute atomic E-state index is 0.0884. The van der Waals surface area contributed by atoms with Crippen LogP contribution in [0.2, 0.25) is 0 Å². The third-order valence-corrected chi connectivity index (χ3v) is 4.84. The summed E-state index contributed by atoms with van der Waals surface area (Å²) in [6, 6.07) is 0. The Labute approximate surface area is 80.6 Å². The van der Waals surface area contributed by atoms with Crippen LogP contribution < -0.4 is 5.73 Å². The number of hydrogen-bond acceptors (Lipinski definition) is 3. The Bertz CT molecular complexity index is 261. The average Bonchev–Trinajstić information content (AvgIpc) is 2.40. The Balaban J connectivity index is 2.63. The molecule has 0 spiro atoms. The quantitative estimate of drug-likeness (QED) is 0.743. The number of nitrogens with two attached hydrogens (primary N) is 1. The number of hydrogen-bond donors (Lipinski definition) is 1. The second-order valence-corrected chi connectivity index (χ2v) is 6.33. The van der Waals surface area contributed by atoms with Gasteiger partial charge in [0, 0.05) is 0 Å². The summed E-state index contributed by atoms with van der Waals surface area (Å²) >= 11 is 0. The fraction of sp³-hybridized carbons (Fsp3) is 1.00. The molecule has 2 N–H and O–H groups in total. The molecular weight excluding hydrogens is 186 g/mol. The van der Waals surface area contributed by atoms with E-state index in [9.17, 15) is 8.42 Å². The van der Waals surface area contributed by atoms with E-state index in [0.717, 1.165) is 25.7 Å². The van der Waals surface area contributed by atoms with E-state index in [0.29, 0.717) is 18.1 Å². The largest absolute Gasteiger partial charge is 0.330 e. The van der Waals surface area contributed by atoms with Crippen molar-refractivity contribution in [2.24, 2.45) is 11.1 Å². The summed E-state index contributed by atoms with van der Waals surface area (Å²) < 4.78 is 22.6. The van der Waals surface area contributed by atoms with E-state index < -0.39 is 9.84 Å². The number of sulfone groups is 1. The van der Waals surface area contributed by atoms with Crippen LogP contribution in [-0.4, -0.2) is 26.5 Å². The molecule has 1 heterocycles. The van der Waals surface area contributed by atoms with Crippen molar-refractivity contribution in [3.05, 3.63) is 0 Å². The lowest BCUT2D eigenvalue weighted by atomic mass is 9.82. The minimum atomic E-state index is -2.78. The van der Waals surface area contributed by atoms with Crippen LogP contribution in [0.3, 0.4) is 0 Å². The maximum absolute atomic E-state index is 11.3. The predicted molar refractivity (Wildman–Crippen MR) is 54.3 cm³/mol. The van der Waals surface area contributed by atoms with Gasteiger partial charge in [0.2, 0.25) is 0 Å². The van der Waals surface area contributed by atoms with E-state index in [1.54, 1.807) is 0 Å². The molecular formula is C9H19NO2S. The Hall–Kier alpha value is -0.0900. The fourth-order valence-electron chi connectivity index (χ4n) is 1.99. The zero-order valence-corrected chi connectivity index (χ0v) is 9.07. The van der Waals surface area contributed by atoms with E-state index >= 15 is 0 Å². The molecule has 0 aromatic carbocycles. The molecule has 0 amide bonds. The van der Waals surface area contributed by atoms with Crippen LogP contribution in [0.25, 0.3) is 0 Å². The summed E-state index contributed by atoms with van der Waals surface area (Å²) in [7, 11) is -2.78. The first-order chi connectivity index (χ1) is 6.04. The summed E-state index contributed by atoms with van der Waals surface area (Å²) in [5, 5.41) is 0. The van der Waals surface area contributed by atoms with Crippen LogP contribution in [0.15, 0.2) is 0 Å². The lowest BCUT2D eigenvalue weighted by molar-refractivity contribution is 0.308. The van der Waals surface area contributed by atoms with Crippen molar-refractivity contribution in [2.45, 2.75) is 32.6 Å². The Morgan fingerprint density at radius 2 is 2.15 bits per heavy atom. The highest BCUT2D eigenvalue weighted by Crippen LogP contribution is 2.35. The molecule has 0 aromatic rings. The van der Waals surface area contributed by atoms with Gasteiger partial charge in [-0.15, -0.1) is 0 Å². The van der Waals surface area contributed by atoms with Gasteiger partial charge in [-0.05, 0) is 24.8 Å². The Morgan fingerprint density at radius 1 is 1.46 bits per heavy atom. The number of unbranched alkanes of at least 4 members (excludes halogenated alkanes) is 1. The van der Waals surface area contributed by atoms with Crippen LogP contribution in [-0.2, 0) is 9.84 Å². The SMILES string of the molecule is CCCCC1(CN)CCS(=O)(=O)C1. The van der Waals surface area contributed by atoms with Crippen LogP contribution in [0.1, 0.15) is 32.6 Å². The third-order valence-electron chi connectivity index (χ3n) is 2.96. The standard InChI is InChI=1S/C9H19NO2S/c1-2-3-4-9(7-10)5-6-13(11,12)8-9/h2-8,10H2,1H3. The zero-order chi connectivity index (χ0) is 9.95. The highest BCUT2D eigenvalue weighted by Gasteiger charge is 2.40. The van der Waals surface area contributed by atoms with Crippen LogP contribution >= 0.6 is 0 Å². The molecule has 1 fully saturated rings. The van der Waals surface area contributed by atoms with Crippen molar-refractivity contribution in [3.63, 3.8) is 0 Å². The van der Waals surface area contributed by atoms with E-state index in [4.69, 9.17) is 5.73 Å². The lowest BCUT2D eigenvalue weighted by Gasteiger charge is -2.25. The molecule has 0 bridgehead atoms. The molecule has 0 aromatic heterocycles. The van der Waals surface area contributed by atoms with E-state index in [1.165, 1.54) is 0 Å². The molecule has 3 nitrogen and oxygen atoms in total. The Morgan fingerprint density at radius 3 is 2.54 bits per heavy atom. The number of rotatable bonds is 4. The van der Waals surface area contributed by atoms with Gasteiger partial charge in [0.25, 0.3) is 0 Å². The molecule has 1 unspecified atom stereocenters. The van der Waals surface area contributed by atoms with Crippen LogP contribution in [0.5, 0.6) is 0 Å². The molecule has 0 radical (unpaired) electrons. The second kappa shape index (κ2) is 3.96. The molecule has 1 saturated heterocycles. The molecule has 13 heavy (non-hydrogen) atoms. The van der Waals surface area contributed by atoms with Gasteiger partial charge in [0.1, 0.15) is 0 Å². The molecule has 4 heteroatoms. The van der Waals surface area contributed by atoms with Gasteiger partial charge in [-0.1, -0.05) is 19.8 Å². The topological polar surface area (TPSA) is 60.2 Å². The smallest absolute Gasteiger partial charge is 0.150 e. The summed E-state index contributed by atoms with van der Waals surface area (Å²) in [6.45, 7) is 2.64. The fourth-order valence-corrected chi connectivity index (χ4v) is 4.22. The van der Waals surface area contributed by atoms with Crippen molar-refractivity contribution in [3.8, 4) is 0 Å². The van der Waals surface area contributed by atoms with Crippen molar-refractivity contribution in [1.29, 1.82) is 0 Å². The van der Waals surface area contributed by atoms with Crippen LogP contribution in [0.4, 0.5) is 0 Å². The van der Waals surface area contributed by atoms with Crippen molar-refractivity contribution in [1.82, 2.24) is 0 Å². The van der Waals surface area contributed by atoms with Crippen molar-refractivity contribution >= 4 is 9.84 Å². The van der Waals surface area contributed by atoms with Crippen molar-refractivity contribution in [2.75, 3.05) is 18.1 Å². The molecule has 0 saturated carbocycles.